The van der Waals surface area contributed by atoms with Gasteiger partial charge in [-0.05, 0) is 18.6 Å². The van der Waals surface area contributed by atoms with Crippen LogP contribution in [-0.2, 0) is 0 Å². The van der Waals surface area contributed by atoms with E-state index in [2.05, 4.69) is 6.92 Å². The van der Waals surface area contributed by atoms with Crippen molar-refractivity contribution in [1.82, 2.24) is 0 Å². The summed E-state index contributed by atoms with van der Waals surface area (Å²) in [5, 5.41) is 18.4. The maximum Gasteiger partial charge on any atom is 0.339 e. The Morgan fingerprint density at radius 1 is 0.957 bits per heavy atom. The fraction of sp³-hybridized carbons (Fsp3) is 0.632. The Bertz CT molecular complexity index is 457. The molecule has 0 unspecified atom stereocenters. The van der Waals surface area contributed by atoms with Crippen LogP contribution in [0.5, 0.6) is 11.5 Å². The van der Waals surface area contributed by atoms with Gasteiger partial charge in [-0.1, -0.05) is 64.7 Å². The minimum absolute atomic E-state index is 0.101. The summed E-state index contributed by atoms with van der Waals surface area (Å²) in [6, 6.07) is 4.31. The second-order valence-corrected chi connectivity index (χ2v) is 6.01. The lowest BCUT2D eigenvalue weighted by molar-refractivity contribution is 0.0693. The van der Waals surface area contributed by atoms with E-state index in [-0.39, 0.29) is 11.3 Å². The van der Waals surface area contributed by atoms with Crippen molar-refractivity contribution in [2.75, 3.05) is 6.61 Å². The molecule has 2 N–H and O–H groups in total. The van der Waals surface area contributed by atoms with Crippen LogP contribution in [-0.4, -0.2) is 22.8 Å². The Labute approximate surface area is 139 Å². The van der Waals surface area contributed by atoms with Gasteiger partial charge in [-0.25, -0.2) is 4.79 Å². The number of unbranched alkanes of at least 4 members (excludes halogenated alkanes) is 9. The van der Waals surface area contributed by atoms with Gasteiger partial charge in [-0.3, -0.25) is 0 Å². The fourth-order valence-corrected chi connectivity index (χ4v) is 2.56. The molecule has 0 aliphatic rings. The standard InChI is InChI=1S/C19H30O4/c1-2-3-4-5-6-7-8-9-10-11-14-23-16-12-13-17(19(21)22)18(20)15-16/h12-13,15,20H,2-11,14H2,1H3,(H,21,22). The molecule has 0 atom stereocenters. The highest BCUT2D eigenvalue weighted by atomic mass is 16.5. The van der Waals surface area contributed by atoms with E-state index >= 15 is 0 Å². The number of carboxylic acids is 1. The number of rotatable bonds is 13. The van der Waals surface area contributed by atoms with E-state index in [1.807, 2.05) is 0 Å². The number of carbonyl (C=O) groups is 1. The second-order valence-electron chi connectivity index (χ2n) is 6.01. The first-order chi connectivity index (χ1) is 11.1. The Morgan fingerprint density at radius 3 is 2.04 bits per heavy atom. The number of aromatic hydroxyl groups is 1. The van der Waals surface area contributed by atoms with Gasteiger partial charge in [0, 0.05) is 6.07 Å². The Balaban J connectivity index is 2.03. The van der Waals surface area contributed by atoms with E-state index in [1.165, 1.54) is 63.5 Å². The molecule has 1 aromatic carbocycles. The monoisotopic (exact) mass is 322 g/mol. The molecule has 0 radical (unpaired) electrons. The number of hydrogen-bond donors (Lipinski definition) is 2. The van der Waals surface area contributed by atoms with E-state index in [0.29, 0.717) is 12.4 Å². The SMILES string of the molecule is CCCCCCCCCCCCOc1ccc(C(=O)O)c(O)c1. The van der Waals surface area contributed by atoms with Crippen LogP contribution in [0.1, 0.15) is 81.5 Å². The molecular weight excluding hydrogens is 292 g/mol. The summed E-state index contributed by atoms with van der Waals surface area (Å²) in [6.07, 6.45) is 12.7. The van der Waals surface area contributed by atoms with Crippen molar-refractivity contribution in [1.29, 1.82) is 0 Å². The number of carboxylic acid groups (broad SMARTS) is 1. The zero-order chi connectivity index (χ0) is 16.9. The highest BCUT2D eigenvalue weighted by Gasteiger charge is 2.09. The highest BCUT2D eigenvalue weighted by Crippen LogP contribution is 2.23. The number of phenols is 1. The zero-order valence-corrected chi connectivity index (χ0v) is 14.2. The van der Waals surface area contributed by atoms with E-state index in [4.69, 9.17) is 9.84 Å². The summed E-state index contributed by atoms with van der Waals surface area (Å²) in [5.74, 6) is -0.870. The summed E-state index contributed by atoms with van der Waals surface area (Å²) in [5.41, 5.74) is -0.101. The van der Waals surface area contributed by atoms with Crippen LogP contribution in [0.4, 0.5) is 0 Å². The van der Waals surface area contributed by atoms with Gasteiger partial charge in [0.25, 0.3) is 0 Å². The van der Waals surface area contributed by atoms with Crippen LogP contribution in [0.2, 0.25) is 0 Å². The molecule has 4 nitrogen and oxygen atoms in total. The Hall–Kier alpha value is -1.71. The topological polar surface area (TPSA) is 66.8 Å². The lowest BCUT2D eigenvalue weighted by Gasteiger charge is -2.07. The van der Waals surface area contributed by atoms with E-state index in [1.54, 1.807) is 6.07 Å². The van der Waals surface area contributed by atoms with Crippen LogP contribution < -0.4 is 4.74 Å². The molecule has 0 aliphatic carbocycles. The molecule has 0 spiro atoms. The highest BCUT2D eigenvalue weighted by molar-refractivity contribution is 5.90. The normalized spacial score (nSPS) is 10.7. The molecule has 4 heteroatoms. The molecule has 0 aliphatic heterocycles. The zero-order valence-electron chi connectivity index (χ0n) is 14.2. The van der Waals surface area contributed by atoms with Gasteiger partial charge >= 0.3 is 5.97 Å². The smallest absolute Gasteiger partial charge is 0.339 e. The Morgan fingerprint density at radius 2 is 1.52 bits per heavy atom. The third-order valence-electron chi connectivity index (χ3n) is 3.97. The van der Waals surface area contributed by atoms with Crippen LogP contribution in [0.15, 0.2) is 18.2 Å². The predicted octanol–water partition coefficient (Wildman–Crippen LogP) is 5.39. The van der Waals surface area contributed by atoms with E-state index < -0.39 is 5.97 Å². The molecule has 1 rings (SSSR count). The molecule has 0 fully saturated rings. The van der Waals surface area contributed by atoms with Gasteiger partial charge in [0.2, 0.25) is 0 Å². The van der Waals surface area contributed by atoms with Crippen LogP contribution in [0, 0.1) is 0 Å². The van der Waals surface area contributed by atoms with Gasteiger partial charge in [0.15, 0.2) is 0 Å². The molecule has 0 bridgehead atoms. The second kappa shape index (κ2) is 11.8. The summed E-state index contributed by atoms with van der Waals surface area (Å²) in [4.78, 5) is 10.8. The van der Waals surface area contributed by atoms with Crippen LogP contribution in [0.3, 0.4) is 0 Å². The molecular formula is C19H30O4. The average molecular weight is 322 g/mol. The van der Waals surface area contributed by atoms with Gasteiger partial charge in [-0.15, -0.1) is 0 Å². The van der Waals surface area contributed by atoms with E-state index in [9.17, 15) is 9.90 Å². The predicted molar refractivity (Wildman–Crippen MR) is 92.4 cm³/mol. The average Bonchev–Trinajstić information content (AvgIpc) is 2.52. The molecule has 0 heterocycles. The van der Waals surface area contributed by atoms with Crippen molar-refractivity contribution in [2.45, 2.75) is 71.1 Å². The summed E-state index contributed by atoms with van der Waals surface area (Å²) >= 11 is 0. The maximum absolute atomic E-state index is 10.8. The van der Waals surface area contributed by atoms with Gasteiger partial charge < -0.3 is 14.9 Å². The fourth-order valence-electron chi connectivity index (χ4n) is 2.56. The molecule has 0 aromatic heterocycles. The van der Waals surface area contributed by atoms with Crippen molar-refractivity contribution in [3.8, 4) is 11.5 Å². The van der Waals surface area contributed by atoms with Crippen LogP contribution in [0.25, 0.3) is 0 Å². The lowest BCUT2D eigenvalue weighted by Crippen LogP contribution is -2.00. The Kier molecular flexibility index (Phi) is 9.92. The molecule has 130 valence electrons. The minimum atomic E-state index is -1.14. The largest absolute Gasteiger partial charge is 0.507 e. The first kappa shape index (κ1) is 19.3. The van der Waals surface area contributed by atoms with Gasteiger partial charge in [0.1, 0.15) is 17.1 Å². The third-order valence-corrected chi connectivity index (χ3v) is 3.97. The quantitative estimate of drug-likeness (QED) is 0.478. The van der Waals surface area contributed by atoms with E-state index in [0.717, 1.165) is 12.8 Å². The molecule has 0 amide bonds. The van der Waals surface area contributed by atoms with Crippen molar-refractivity contribution < 1.29 is 19.7 Å². The summed E-state index contributed by atoms with van der Waals surface area (Å²) in [7, 11) is 0. The van der Waals surface area contributed by atoms with Crippen molar-refractivity contribution >= 4 is 5.97 Å². The minimum Gasteiger partial charge on any atom is -0.507 e. The van der Waals surface area contributed by atoms with Gasteiger partial charge in [-0.2, -0.15) is 0 Å². The summed E-state index contributed by atoms with van der Waals surface area (Å²) in [6.45, 7) is 2.84. The number of benzene rings is 1. The molecule has 1 aromatic rings. The first-order valence-corrected chi connectivity index (χ1v) is 8.84. The molecule has 0 saturated carbocycles. The van der Waals surface area contributed by atoms with Crippen LogP contribution >= 0.6 is 0 Å². The molecule has 0 saturated heterocycles. The third kappa shape index (κ3) is 8.48. The number of hydrogen-bond acceptors (Lipinski definition) is 3. The summed E-state index contributed by atoms with van der Waals surface area (Å²) < 4.78 is 5.54. The first-order valence-electron chi connectivity index (χ1n) is 8.84. The number of ether oxygens (including phenoxy) is 1. The van der Waals surface area contributed by atoms with Crippen molar-refractivity contribution in [3.63, 3.8) is 0 Å². The lowest BCUT2D eigenvalue weighted by atomic mass is 10.1. The number of aromatic carboxylic acids is 1. The molecule has 23 heavy (non-hydrogen) atoms. The van der Waals surface area contributed by atoms with Crippen molar-refractivity contribution in [2.24, 2.45) is 0 Å². The van der Waals surface area contributed by atoms with Crippen molar-refractivity contribution in [3.05, 3.63) is 23.8 Å². The maximum atomic E-state index is 10.8. The van der Waals surface area contributed by atoms with Gasteiger partial charge in [0.05, 0.1) is 6.61 Å².